The van der Waals surface area contributed by atoms with Crippen LogP contribution in [0.5, 0.6) is 0 Å². The zero-order chi connectivity index (χ0) is 14.5. The number of anilines is 2. The zero-order valence-electron chi connectivity index (χ0n) is 10.7. The molecule has 0 saturated heterocycles. The molecule has 2 aromatic rings. The molecule has 6 heteroatoms. The lowest BCUT2D eigenvalue weighted by atomic mass is 10.1. The molecule has 0 unspecified atom stereocenters. The molecule has 2 rings (SSSR count). The van der Waals surface area contributed by atoms with Gasteiger partial charge in [0.25, 0.3) is 0 Å². The van der Waals surface area contributed by atoms with Gasteiger partial charge in [0.1, 0.15) is 0 Å². The highest BCUT2D eigenvalue weighted by molar-refractivity contribution is 5.99. The van der Waals surface area contributed by atoms with Crippen LogP contribution in [-0.4, -0.2) is 29.1 Å². The van der Waals surface area contributed by atoms with Crippen molar-refractivity contribution in [3.8, 4) is 0 Å². The SMILES string of the molecule is COC(=O)c1ccc(C(=O)O)cc1Nc1ccncc1. The zero-order valence-corrected chi connectivity index (χ0v) is 10.7. The number of pyridine rings is 1. The number of aromatic nitrogens is 1. The smallest absolute Gasteiger partial charge is 0.339 e. The van der Waals surface area contributed by atoms with Gasteiger partial charge in [-0.2, -0.15) is 0 Å². The van der Waals surface area contributed by atoms with Gasteiger partial charge < -0.3 is 15.2 Å². The molecule has 0 fully saturated rings. The maximum atomic E-state index is 11.7. The Labute approximate surface area is 115 Å². The van der Waals surface area contributed by atoms with Crippen LogP contribution in [0.25, 0.3) is 0 Å². The number of nitrogens with zero attached hydrogens (tertiary/aromatic N) is 1. The van der Waals surface area contributed by atoms with Crippen molar-refractivity contribution in [3.05, 3.63) is 53.9 Å². The lowest BCUT2D eigenvalue weighted by Crippen LogP contribution is -2.07. The maximum Gasteiger partial charge on any atom is 0.339 e. The molecular weight excluding hydrogens is 260 g/mol. The molecule has 2 N–H and O–H groups in total. The summed E-state index contributed by atoms with van der Waals surface area (Å²) < 4.78 is 4.68. The number of hydrogen-bond donors (Lipinski definition) is 2. The second kappa shape index (κ2) is 5.83. The number of carboxylic acid groups (broad SMARTS) is 1. The van der Waals surface area contributed by atoms with E-state index in [9.17, 15) is 9.59 Å². The molecule has 0 spiro atoms. The number of methoxy groups -OCH3 is 1. The van der Waals surface area contributed by atoms with Crippen LogP contribution in [0, 0.1) is 0 Å². The average molecular weight is 272 g/mol. The normalized spacial score (nSPS) is 9.85. The Balaban J connectivity index is 2.44. The Bertz CT molecular complexity index is 641. The molecule has 0 atom stereocenters. The van der Waals surface area contributed by atoms with Crippen molar-refractivity contribution in [2.24, 2.45) is 0 Å². The summed E-state index contributed by atoms with van der Waals surface area (Å²) in [5.41, 5.74) is 1.39. The molecule has 0 bridgehead atoms. The first-order valence-corrected chi connectivity index (χ1v) is 5.74. The van der Waals surface area contributed by atoms with Gasteiger partial charge in [0.15, 0.2) is 0 Å². The number of benzene rings is 1. The van der Waals surface area contributed by atoms with Gasteiger partial charge in [-0.1, -0.05) is 0 Å². The predicted octanol–water partition coefficient (Wildman–Crippen LogP) is 2.31. The molecule has 0 aliphatic carbocycles. The molecule has 0 aliphatic rings. The summed E-state index contributed by atoms with van der Waals surface area (Å²) in [6, 6.07) is 7.56. The van der Waals surface area contributed by atoms with E-state index in [4.69, 9.17) is 5.11 Å². The van der Waals surface area contributed by atoms with E-state index in [1.165, 1.54) is 25.3 Å². The summed E-state index contributed by atoms with van der Waals surface area (Å²) in [7, 11) is 1.27. The highest BCUT2D eigenvalue weighted by Gasteiger charge is 2.15. The number of hydrogen-bond acceptors (Lipinski definition) is 5. The molecule has 1 aromatic heterocycles. The molecular formula is C14H12N2O4. The number of esters is 1. The maximum absolute atomic E-state index is 11.7. The third-order valence-electron chi connectivity index (χ3n) is 2.63. The van der Waals surface area contributed by atoms with Crippen molar-refractivity contribution in [1.29, 1.82) is 0 Å². The predicted molar refractivity (Wildman–Crippen MR) is 72.3 cm³/mol. The van der Waals surface area contributed by atoms with Crippen LogP contribution in [0.4, 0.5) is 11.4 Å². The van der Waals surface area contributed by atoms with Crippen LogP contribution in [0.15, 0.2) is 42.7 Å². The fourth-order valence-electron chi connectivity index (χ4n) is 1.66. The molecule has 20 heavy (non-hydrogen) atoms. The summed E-state index contributed by atoms with van der Waals surface area (Å²) in [4.78, 5) is 26.6. The van der Waals surface area contributed by atoms with Gasteiger partial charge in [0, 0.05) is 18.1 Å². The molecule has 0 radical (unpaired) electrons. The topological polar surface area (TPSA) is 88.5 Å². The van der Waals surface area contributed by atoms with Crippen molar-refractivity contribution in [2.45, 2.75) is 0 Å². The van der Waals surface area contributed by atoms with Crippen molar-refractivity contribution in [3.63, 3.8) is 0 Å². The van der Waals surface area contributed by atoms with E-state index >= 15 is 0 Å². The largest absolute Gasteiger partial charge is 0.478 e. The Kier molecular flexibility index (Phi) is 3.95. The summed E-state index contributed by atoms with van der Waals surface area (Å²) in [5.74, 6) is -1.61. The quantitative estimate of drug-likeness (QED) is 0.830. The van der Waals surface area contributed by atoms with Gasteiger partial charge in [-0.15, -0.1) is 0 Å². The molecule has 0 amide bonds. The van der Waals surface area contributed by atoms with Crippen LogP contribution in [0.2, 0.25) is 0 Å². The molecule has 0 saturated carbocycles. The fourth-order valence-corrected chi connectivity index (χ4v) is 1.66. The van der Waals surface area contributed by atoms with E-state index in [1.54, 1.807) is 24.5 Å². The first-order chi connectivity index (χ1) is 9.61. The first kappa shape index (κ1) is 13.5. The molecule has 1 aromatic carbocycles. The van der Waals surface area contributed by atoms with Gasteiger partial charge in [0.2, 0.25) is 0 Å². The minimum Gasteiger partial charge on any atom is -0.478 e. The number of aromatic carboxylic acids is 1. The van der Waals surface area contributed by atoms with E-state index in [2.05, 4.69) is 15.0 Å². The molecule has 102 valence electrons. The second-order valence-corrected chi connectivity index (χ2v) is 3.92. The van der Waals surface area contributed by atoms with Gasteiger partial charge in [-0.05, 0) is 30.3 Å². The average Bonchev–Trinajstić information content (AvgIpc) is 2.47. The highest BCUT2D eigenvalue weighted by Crippen LogP contribution is 2.23. The van der Waals surface area contributed by atoms with Crippen LogP contribution in [0.1, 0.15) is 20.7 Å². The number of nitrogens with one attached hydrogen (secondary N) is 1. The van der Waals surface area contributed by atoms with Gasteiger partial charge in [-0.25, -0.2) is 9.59 Å². The van der Waals surface area contributed by atoms with Crippen LogP contribution in [-0.2, 0) is 4.74 Å². The summed E-state index contributed by atoms with van der Waals surface area (Å²) in [6.45, 7) is 0. The van der Waals surface area contributed by atoms with Gasteiger partial charge >= 0.3 is 11.9 Å². The van der Waals surface area contributed by atoms with Gasteiger partial charge in [-0.3, -0.25) is 4.98 Å². The fraction of sp³-hybridized carbons (Fsp3) is 0.0714. The number of carboxylic acids is 1. The Morgan fingerprint density at radius 1 is 1.20 bits per heavy atom. The van der Waals surface area contributed by atoms with Crippen LogP contribution in [0.3, 0.4) is 0 Å². The van der Waals surface area contributed by atoms with Gasteiger partial charge in [0.05, 0.1) is 23.9 Å². The minimum atomic E-state index is -1.07. The number of rotatable bonds is 4. The third kappa shape index (κ3) is 2.92. The lowest BCUT2D eigenvalue weighted by Gasteiger charge is -2.11. The van der Waals surface area contributed by atoms with Crippen molar-refractivity contribution in [2.75, 3.05) is 12.4 Å². The Morgan fingerprint density at radius 3 is 2.50 bits per heavy atom. The monoisotopic (exact) mass is 272 g/mol. The first-order valence-electron chi connectivity index (χ1n) is 5.74. The third-order valence-corrected chi connectivity index (χ3v) is 2.63. The molecule has 1 heterocycles. The lowest BCUT2D eigenvalue weighted by molar-refractivity contribution is 0.0599. The van der Waals surface area contributed by atoms with Crippen molar-refractivity contribution >= 4 is 23.3 Å². The number of carbonyl (C=O) groups is 2. The Morgan fingerprint density at radius 2 is 1.90 bits per heavy atom. The van der Waals surface area contributed by atoms with E-state index in [-0.39, 0.29) is 11.1 Å². The minimum absolute atomic E-state index is 0.0780. The van der Waals surface area contributed by atoms with Crippen molar-refractivity contribution < 1.29 is 19.4 Å². The standard InChI is InChI=1S/C14H12N2O4/c1-20-14(19)11-3-2-9(13(17)18)8-12(11)16-10-4-6-15-7-5-10/h2-8H,1H3,(H,15,16)(H,17,18). The number of ether oxygens (including phenoxy) is 1. The van der Waals surface area contributed by atoms with Crippen LogP contribution >= 0.6 is 0 Å². The van der Waals surface area contributed by atoms with E-state index in [0.717, 1.165) is 0 Å². The van der Waals surface area contributed by atoms with Crippen LogP contribution < -0.4 is 5.32 Å². The summed E-state index contributed by atoms with van der Waals surface area (Å²) in [5, 5.41) is 12.0. The van der Waals surface area contributed by atoms with E-state index < -0.39 is 11.9 Å². The van der Waals surface area contributed by atoms with E-state index in [1.807, 2.05) is 0 Å². The number of carbonyl (C=O) groups excluding carboxylic acids is 1. The summed E-state index contributed by atoms with van der Waals surface area (Å²) in [6.07, 6.45) is 3.17. The second-order valence-electron chi connectivity index (χ2n) is 3.92. The Hall–Kier alpha value is -2.89. The van der Waals surface area contributed by atoms with Crippen molar-refractivity contribution in [1.82, 2.24) is 4.98 Å². The highest BCUT2D eigenvalue weighted by atomic mass is 16.5. The van der Waals surface area contributed by atoms with E-state index in [0.29, 0.717) is 11.4 Å². The molecule has 6 nitrogen and oxygen atoms in total. The summed E-state index contributed by atoms with van der Waals surface area (Å²) >= 11 is 0. The molecule has 0 aliphatic heterocycles.